The number of thiazole rings is 1. The molecule has 0 aliphatic heterocycles. The van der Waals surface area contributed by atoms with E-state index in [2.05, 4.69) is 10.3 Å². The predicted octanol–water partition coefficient (Wildman–Crippen LogP) is 4.46. The smallest absolute Gasteiger partial charge is 0.279 e. The zero-order chi connectivity index (χ0) is 20.6. The Bertz CT molecular complexity index is 849. The molecule has 8 heteroatoms. The zero-order valence-electron chi connectivity index (χ0n) is 16.7. The summed E-state index contributed by atoms with van der Waals surface area (Å²) in [4.78, 5) is 18.9. The maximum atomic E-state index is 11.7. The van der Waals surface area contributed by atoms with Gasteiger partial charge in [-0.2, -0.15) is 0 Å². The SMILES string of the molecule is CN(C)CCC(=O)NC/C=C/c1cnc(Oc2ccc(OCC3CC3)cc2Cl)s1. The molecule has 1 fully saturated rings. The molecular formula is C21H26ClN3O3S. The minimum Gasteiger partial charge on any atom is -0.493 e. The fourth-order valence-corrected chi connectivity index (χ4v) is 3.32. The van der Waals surface area contributed by atoms with Crippen molar-refractivity contribution >= 4 is 34.9 Å². The summed E-state index contributed by atoms with van der Waals surface area (Å²) in [5.74, 6) is 2.03. The normalized spacial score (nSPS) is 13.8. The summed E-state index contributed by atoms with van der Waals surface area (Å²) in [7, 11) is 3.89. The third-order valence-electron chi connectivity index (χ3n) is 4.27. The highest BCUT2D eigenvalue weighted by molar-refractivity contribution is 7.14. The van der Waals surface area contributed by atoms with Gasteiger partial charge in [0.25, 0.3) is 5.19 Å². The van der Waals surface area contributed by atoms with Crippen LogP contribution in [0.2, 0.25) is 5.02 Å². The highest BCUT2D eigenvalue weighted by Gasteiger charge is 2.22. The van der Waals surface area contributed by atoms with E-state index in [1.807, 2.05) is 37.2 Å². The lowest BCUT2D eigenvalue weighted by molar-refractivity contribution is -0.121. The Balaban J connectivity index is 1.45. The Hall–Kier alpha value is -2.09. The van der Waals surface area contributed by atoms with Crippen molar-refractivity contribution in [3.63, 3.8) is 0 Å². The van der Waals surface area contributed by atoms with Crippen LogP contribution in [0.5, 0.6) is 16.7 Å². The van der Waals surface area contributed by atoms with Crippen LogP contribution in [0, 0.1) is 5.92 Å². The lowest BCUT2D eigenvalue weighted by Crippen LogP contribution is -2.27. The topological polar surface area (TPSA) is 63.7 Å². The molecule has 156 valence electrons. The molecule has 1 saturated carbocycles. The van der Waals surface area contributed by atoms with Gasteiger partial charge < -0.3 is 19.7 Å². The molecule has 0 bridgehead atoms. The third kappa shape index (κ3) is 7.68. The summed E-state index contributed by atoms with van der Waals surface area (Å²) in [6, 6.07) is 5.43. The number of amides is 1. The third-order valence-corrected chi connectivity index (χ3v) is 5.41. The molecular weight excluding hydrogens is 410 g/mol. The average Bonchev–Trinajstić information content (AvgIpc) is 3.42. The van der Waals surface area contributed by atoms with Crippen molar-refractivity contribution in [3.8, 4) is 16.7 Å². The van der Waals surface area contributed by atoms with Gasteiger partial charge in [0.15, 0.2) is 0 Å². The first-order valence-electron chi connectivity index (χ1n) is 9.63. The van der Waals surface area contributed by atoms with Crippen molar-refractivity contribution in [3.05, 3.63) is 40.4 Å². The molecule has 1 N–H and O–H groups in total. The van der Waals surface area contributed by atoms with Crippen molar-refractivity contribution < 1.29 is 14.3 Å². The number of halogens is 1. The highest BCUT2D eigenvalue weighted by Crippen LogP contribution is 2.35. The minimum atomic E-state index is 0.0378. The number of aromatic nitrogens is 1. The van der Waals surface area contributed by atoms with Gasteiger partial charge in [0.1, 0.15) is 11.5 Å². The van der Waals surface area contributed by atoms with Gasteiger partial charge in [-0.3, -0.25) is 4.79 Å². The maximum Gasteiger partial charge on any atom is 0.279 e. The summed E-state index contributed by atoms with van der Waals surface area (Å²) in [5, 5.41) is 3.86. The Morgan fingerprint density at radius 2 is 2.24 bits per heavy atom. The van der Waals surface area contributed by atoms with E-state index in [1.165, 1.54) is 24.2 Å². The van der Waals surface area contributed by atoms with Crippen molar-refractivity contribution in [1.29, 1.82) is 0 Å². The number of benzene rings is 1. The molecule has 1 heterocycles. The van der Waals surface area contributed by atoms with E-state index in [-0.39, 0.29) is 5.91 Å². The standard InChI is InChI=1S/C21H26ClN3O3S/c1-25(2)11-9-20(26)23-10-3-4-17-13-24-21(29-17)28-19-8-7-16(12-18(19)22)27-14-15-5-6-15/h3-4,7-8,12-13,15H,5-6,9-11,14H2,1-2H3,(H,23,26)/b4-3+. The van der Waals surface area contributed by atoms with Crippen LogP contribution in [-0.2, 0) is 4.79 Å². The first kappa shape index (κ1) is 21.6. The molecule has 1 aliphatic rings. The quantitative estimate of drug-likeness (QED) is 0.564. The van der Waals surface area contributed by atoms with Gasteiger partial charge in [0.2, 0.25) is 5.91 Å². The second kappa shape index (κ2) is 10.6. The van der Waals surface area contributed by atoms with Crippen molar-refractivity contribution in [2.45, 2.75) is 19.3 Å². The van der Waals surface area contributed by atoms with E-state index in [9.17, 15) is 4.79 Å². The summed E-state index contributed by atoms with van der Waals surface area (Å²) >= 11 is 7.72. The Kier molecular flexibility index (Phi) is 7.91. The van der Waals surface area contributed by atoms with Gasteiger partial charge in [-0.05, 0) is 51.1 Å². The number of carbonyl (C=O) groups excluding carboxylic acids is 1. The van der Waals surface area contributed by atoms with E-state index < -0.39 is 0 Å². The molecule has 0 unspecified atom stereocenters. The number of nitrogens with zero attached hydrogens (tertiary/aromatic N) is 2. The lowest BCUT2D eigenvalue weighted by Gasteiger charge is -2.08. The fourth-order valence-electron chi connectivity index (χ4n) is 2.40. The van der Waals surface area contributed by atoms with Gasteiger partial charge in [0, 0.05) is 31.8 Å². The van der Waals surface area contributed by atoms with Gasteiger partial charge in [-0.15, -0.1) is 0 Å². The van der Waals surface area contributed by atoms with Crippen molar-refractivity contribution in [2.24, 2.45) is 5.92 Å². The van der Waals surface area contributed by atoms with Gasteiger partial charge >= 0.3 is 0 Å². The molecule has 0 saturated heterocycles. The summed E-state index contributed by atoms with van der Waals surface area (Å²) in [6.07, 6.45) is 8.52. The van der Waals surface area contributed by atoms with Crippen LogP contribution in [-0.4, -0.2) is 49.6 Å². The minimum absolute atomic E-state index is 0.0378. The fraction of sp³-hybridized carbons (Fsp3) is 0.429. The maximum absolute atomic E-state index is 11.7. The van der Waals surface area contributed by atoms with Crippen molar-refractivity contribution in [1.82, 2.24) is 15.2 Å². The second-order valence-corrected chi connectivity index (χ2v) is 8.67. The Morgan fingerprint density at radius 1 is 1.41 bits per heavy atom. The summed E-state index contributed by atoms with van der Waals surface area (Å²) in [6.45, 7) is 1.96. The molecule has 0 spiro atoms. The van der Waals surface area contributed by atoms with E-state index in [1.54, 1.807) is 18.3 Å². The van der Waals surface area contributed by atoms with Crippen molar-refractivity contribution in [2.75, 3.05) is 33.8 Å². The van der Waals surface area contributed by atoms with Crippen LogP contribution < -0.4 is 14.8 Å². The van der Waals surface area contributed by atoms with Crippen LogP contribution in [0.15, 0.2) is 30.5 Å². The molecule has 6 nitrogen and oxygen atoms in total. The molecule has 1 aliphatic carbocycles. The Morgan fingerprint density at radius 3 is 2.97 bits per heavy atom. The first-order chi connectivity index (χ1) is 14.0. The van der Waals surface area contributed by atoms with E-state index >= 15 is 0 Å². The van der Waals surface area contributed by atoms with Gasteiger partial charge in [-0.25, -0.2) is 4.98 Å². The van der Waals surface area contributed by atoms with Gasteiger partial charge in [-0.1, -0.05) is 29.0 Å². The number of hydrogen-bond acceptors (Lipinski definition) is 6. The molecule has 0 radical (unpaired) electrons. The molecule has 3 rings (SSSR count). The van der Waals surface area contributed by atoms with E-state index in [0.29, 0.717) is 34.8 Å². The molecule has 1 amide bonds. The number of hydrogen-bond donors (Lipinski definition) is 1. The number of carbonyl (C=O) groups is 1. The van der Waals surface area contributed by atoms with Crippen LogP contribution in [0.3, 0.4) is 0 Å². The summed E-state index contributed by atoms with van der Waals surface area (Å²) < 4.78 is 11.5. The van der Waals surface area contributed by atoms with Gasteiger partial charge in [0.05, 0.1) is 16.5 Å². The molecule has 1 aromatic carbocycles. The molecule has 29 heavy (non-hydrogen) atoms. The zero-order valence-corrected chi connectivity index (χ0v) is 18.3. The number of rotatable bonds is 11. The Labute approximate surface area is 180 Å². The van der Waals surface area contributed by atoms with E-state index in [4.69, 9.17) is 21.1 Å². The largest absolute Gasteiger partial charge is 0.493 e. The average molecular weight is 436 g/mol. The number of ether oxygens (including phenoxy) is 2. The first-order valence-corrected chi connectivity index (χ1v) is 10.8. The van der Waals surface area contributed by atoms with Crippen LogP contribution in [0.25, 0.3) is 6.08 Å². The van der Waals surface area contributed by atoms with Crippen LogP contribution in [0.1, 0.15) is 24.1 Å². The molecule has 1 aromatic heterocycles. The number of nitrogens with one attached hydrogen (secondary N) is 1. The predicted molar refractivity (Wildman–Crippen MR) is 117 cm³/mol. The van der Waals surface area contributed by atoms with Crippen LogP contribution >= 0.6 is 22.9 Å². The molecule has 0 atom stereocenters. The van der Waals surface area contributed by atoms with Crippen LogP contribution in [0.4, 0.5) is 0 Å². The molecule has 2 aromatic rings. The highest BCUT2D eigenvalue weighted by atomic mass is 35.5. The monoisotopic (exact) mass is 435 g/mol. The summed E-state index contributed by atoms with van der Waals surface area (Å²) in [5.41, 5.74) is 0. The second-order valence-electron chi connectivity index (χ2n) is 7.24. The lowest BCUT2D eigenvalue weighted by atomic mass is 10.3. The van der Waals surface area contributed by atoms with E-state index in [0.717, 1.165) is 23.8 Å².